The summed E-state index contributed by atoms with van der Waals surface area (Å²) in [7, 11) is 0. The van der Waals surface area contributed by atoms with E-state index in [1.807, 2.05) is 18.2 Å². The summed E-state index contributed by atoms with van der Waals surface area (Å²) in [6.07, 6.45) is 3.10. The van der Waals surface area contributed by atoms with Crippen LogP contribution in [0.4, 0.5) is 0 Å². The van der Waals surface area contributed by atoms with Crippen molar-refractivity contribution in [1.29, 1.82) is 0 Å². The van der Waals surface area contributed by atoms with Crippen molar-refractivity contribution in [3.63, 3.8) is 0 Å². The minimum absolute atomic E-state index is 0.0165. The van der Waals surface area contributed by atoms with E-state index < -0.39 is 0 Å². The SMILES string of the molecule is CC(C)CC(CO)NC(=O)CCCc1ccccc1. The van der Waals surface area contributed by atoms with Crippen LogP contribution in [0.5, 0.6) is 0 Å². The average molecular weight is 263 g/mol. The number of carbonyl (C=O) groups excluding carboxylic acids is 1. The number of aryl methyl sites for hydroxylation is 1. The van der Waals surface area contributed by atoms with Gasteiger partial charge in [0, 0.05) is 6.42 Å². The van der Waals surface area contributed by atoms with Crippen LogP contribution in [0.15, 0.2) is 30.3 Å². The molecule has 0 aromatic heterocycles. The molecule has 19 heavy (non-hydrogen) atoms. The Labute approximate surface area is 116 Å². The number of benzene rings is 1. The summed E-state index contributed by atoms with van der Waals surface area (Å²) in [5, 5.41) is 12.1. The highest BCUT2D eigenvalue weighted by Crippen LogP contribution is 2.07. The molecule has 3 heteroatoms. The van der Waals surface area contributed by atoms with E-state index in [0.717, 1.165) is 19.3 Å². The molecule has 0 spiro atoms. The molecule has 1 unspecified atom stereocenters. The van der Waals surface area contributed by atoms with Gasteiger partial charge in [-0.2, -0.15) is 0 Å². The summed E-state index contributed by atoms with van der Waals surface area (Å²) < 4.78 is 0. The highest BCUT2D eigenvalue weighted by Gasteiger charge is 2.12. The Morgan fingerprint density at radius 3 is 2.53 bits per heavy atom. The van der Waals surface area contributed by atoms with Crippen LogP contribution in [-0.4, -0.2) is 23.7 Å². The first kappa shape index (κ1) is 15.7. The maximum absolute atomic E-state index is 11.8. The van der Waals surface area contributed by atoms with Gasteiger partial charge in [-0.05, 0) is 30.7 Å². The summed E-state index contributed by atoms with van der Waals surface area (Å²) in [6.45, 7) is 4.19. The molecule has 0 heterocycles. The van der Waals surface area contributed by atoms with Gasteiger partial charge in [-0.25, -0.2) is 0 Å². The number of aliphatic hydroxyl groups is 1. The highest BCUT2D eigenvalue weighted by atomic mass is 16.3. The molecular formula is C16H25NO2. The second kappa shape index (κ2) is 8.70. The van der Waals surface area contributed by atoms with Gasteiger partial charge in [0.05, 0.1) is 12.6 Å². The van der Waals surface area contributed by atoms with Crippen LogP contribution >= 0.6 is 0 Å². The molecule has 0 aliphatic heterocycles. The van der Waals surface area contributed by atoms with Crippen molar-refractivity contribution in [1.82, 2.24) is 5.32 Å². The number of nitrogens with one attached hydrogen (secondary N) is 1. The van der Waals surface area contributed by atoms with E-state index in [4.69, 9.17) is 0 Å². The largest absolute Gasteiger partial charge is 0.394 e. The average Bonchev–Trinajstić information content (AvgIpc) is 2.38. The molecule has 1 amide bonds. The van der Waals surface area contributed by atoms with E-state index in [1.54, 1.807) is 0 Å². The molecule has 2 N–H and O–H groups in total. The fourth-order valence-electron chi connectivity index (χ4n) is 2.15. The van der Waals surface area contributed by atoms with Gasteiger partial charge in [0.1, 0.15) is 0 Å². The first-order valence-electron chi connectivity index (χ1n) is 7.06. The number of hydrogen-bond acceptors (Lipinski definition) is 2. The van der Waals surface area contributed by atoms with Crippen molar-refractivity contribution in [3.8, 4) is 0 Å². The lowest BCUT2D eigenvalue weighted by atomic mass is 10.0. The second-order valence-electron chi connectivity index (χ2n) is 5.42. The lowest BCUT2D eigenvalue weighted by molar-refractivity contribution is -0.122. The van der Waals surface area contributed by atoms with Crippen molar-refractivity contribution < 1.29 is 9.90 Å². The monoisotopic (exact) mass is 263 g/mol. The van der Waals surface area contributed by atoms with Gasteiger partial charge in [-0.3, -0.25) is 4.79 Å². The van der Waals surface area contributed by atoms with Gasteiger partial charge in [-0.1, -0.05) is 44.2 Å². The molecule has 0 radical (unpaired) electrons. The Hall–Kier alpha value is -1.35. The second-order valence-corrected chi connectivity index (χ2v) is 5.42. The molecule has 0 aliphatic carbocycles. The predicted molar refractivity (Wildman–Crippen MR) is 77.9 cm³/mol. The van der Waals surface area contributed by atoms with E-state index in [9.17, 15) is 9.90 Å². The molecule has 1 aromatic rings. The number of carbonyl (C=O) groups is 1. The molecule has 1 rings (SSSR count). The van der Waals surface area contributed by atoms with Gasteiger partial charge >= 0.3 is 0 Å². The molecule has 0 aliphatic rings. The third-order valence-corrected chi connectivity index (χ3v) is 3.05. The first-order chi connectivity index (χ1) is 9.11. The summed E-state index contributed by atoms with van der Waals surface area (Å²) in [5.41, 5.74) is 1.26. The summed E-state index contributed by atoms with van der Waals surface area (Å²) in [5.74, 6) is 0.511. The third kappa shape index (κ3) is 6.97. The van der Waals surface area contributed by atoms with Crippen LogP contribution in [-0.2, 0) is 11.2 Å². The molecule has 1 atom stereocenters. The molecule has 106 valence electrons. The van der Waals surface area contributed by atoms with Crippen LogP contribution in [0.1, 0.15) is 38.7 Å². The van der Waals surface area contributed by atoms with Crippen LogP contribution in [0.25, 0.3) is 0 Å². The molecule has 0 saturated heterocycles. The summed E-state index contributed by atoms with van der Waals surface area (Å²) in [4.78, 5) is 11.8. The van der Waals surface area contributed by atoms with Gasteiger partial charge in [0.15, 0.2) is 0 Å². The van der Waals surface area contributed by atoms with Crippen molar-refractivity contribution in [3.05, 3.63) is 35.9 Å². The lowest BCUT2D eigenvalue weighted by Gasteiger charge is -2.18. The quantitative estimate of drug-likeness (QED) is 0.757. The van der Waals surface area contributed by atoms with Crippen molar-refractivity contribution in [2.45, 2.75) is 45.6 Å². The Morgan fingerprint density at radius 2 is 1.95 bits per heavy atom. The van der Waals surface area contributed by atoms with Crippen LogP contribution in [0, 0.1) is 5.92 Å². The number of aliphatic hydroxyl groups excluding tert-OH is 1. The Balaban J connectivity index is 2.23. The molecular weight excluding hydrogens is 238 g/mol. The van der Waals surface area contributed by atoms with Gasteiger partial charge < -0.3 is 10.4 Å². The van der Waals surface area contributed by atoms with E-state index in [-0.39, 0.29) is 18.6 Å². The van der Waals surface area contributed by atoms with E-state index in [0.29, 0.717) is 12.3 Å². The maximum Gasteiger partial charge on any atom is 0.220 e. The molecule has 1 aromatic carbocycles. The fraction of sp³-hybridized carbons (Fsp3) is 0.562. The lowest BCUT2D eigenvalue weighted by Crippen LogP contribution is -2.38. The number of hydrogen-bond donors (Lipinski definition) is 2. The van der Waals surface area contributed by atoms with Crippen molar-refractivity contribution >= 4 is 5.91 Å². The first-order valence-corrected chi connectivity index (χ1v) is 7.06. The van der Waals surface area contributed by atoms with Gasteiger partial charge in [0.25, 0.3) is 0 Å². The predicted octanol–water partition coefficient (Wildman–Crippen LogP) is 2.53. The number of rotatable bonds is 8. The third-order valence-electron chi connectivity index (χ3n) is 3.05. The van der Waals surface area contributed by atoms with Crippen molar-refractivity contribution in [2.24, 2.45) is 5.92 Å². The van der Waals surface area contributed by atoms with Crippen molar-refractivity contribution in [2.75, 3.05) is 6.61 Å². The minimum atomic E-state index is -0.107. The zero-order valence-corrected chi connectivity index (χ0v) is 11.9. The topological polar surface area (TPSA) is 49.3 Å². The van der Waals surface area contributed by atoms with Crippen LogP contribution in [0.3, 0.4) is 0 Å². The Bertz CT molecular complexity index is 362. The van der Waals surface area contributed by atoms with E-state index in [1.165, 1.54) is 5.56 Å². The number of amides is 1. The summed E-state index contributed by atoms with van der Waals surface area (Å²) >= 11 is 0. The van der Waals surface area contributed by atoms with E-state index >= 15 is 0 Å². The van der Waals surface area contributed by atoms with Crippen LogP contribution < -0.4 is 5.32 Å². The molecule has 0 saturated carbocycles. The molecule has 0 bridgehead atoms. The zero-order chi connectivity index (χ0) is 14.1. The van der Waals surface area contributed by atoms with Crippen LogP contribution in [0.2, 0.25) is 0 Å². The summed E-state index contributed by atoms with van der Waals surface area (Å²) in [6, 6.07) is 10.1. The fourth-order valence-corrected chi connectivity index (χ4v) is 2.15. The van der Waals surface area contributed by atoms with Gasteiger partial charge in [0.2, 0.25) is 5.91 Å². The Kier molecular flexibility index (Phi) is 7.19. The molecule has 0 fully saturated rings. The normalized spacial score (nSPS) is 12.4. The van der Waals surface area contributed by atoms with E-state index in [2.05, 4.69) is 31.3 Å². The minimum Gasteiger partial charge on any atom is -0.394 e. The Morgan fingerprint density at radius 1 is 1.26 bits per heavy atom. The molecule has 3 nitrogen and oxygen atoms in total. The highest BCUT2D eigenvalue weighted by molar-refractivity contribution is 5.76. The maximum atomic E-state index is 11.8. The smallest absolute Gasteiger partial charge is 0.220 e. The standard InChI is InChI=1S/C16H25NO2/c1-13(2)11-15(12-18)17-16(19)10-6-9-14-7-4-3-5-8-14/h3-5,7-8,13,15,18H,6,9-12H2,1-2H3,(H,17,19). The zero-order valence-electron chi connectivity index (χ0n) is 11.9. The van der Waals surface area contributed by atoms with Gasteiger partial charge in [-0.15, -0.1) is 0 Å².